The number of hydrogen-bond acceptors (Lipinski definition) is 3. The molecule has 1 aliphatic heterocycles. The van der Waals surface area contributed by atoms with Gasteiger partial charge in [-0.1, -0.05) is 37.3 Å². The fraction of sp³-hybridized carbons (Fsp3) is 0.571. The van der Waals surface area contributed by atoms with E-state index >= 15 is 0 Å². The van der Waals surface area contributed by atoms with E-state index in [-0.39, 0.29) is 6.10 Å². The van der Waals surface area contributed by atoms with Gasteiger partial charge in [0.15, 0.2) is 0 Å². The molecule has 0 bridgehead atoms. The first kappa shape index (κ1) is 12.6. The van der Waals surface area contributed by atoms with Crippen LogP contribution in [-0.2, 0) is 9.57 Å². The number of ether oxygens (including phenoxy) is 1. The largest absolute Gasteiger partial charge is 0.372 e. The Balaban J connectivity index is 1.87. The predicted octanol–water partition coefficient (Wildman–Crippen LogP) is 2.79. The van der Waals surface area contributed by atoms with Crippen molar-refractivity contribution < 1.29 is 9.57 Å². The van der Waals surface area contributed by atoms with Crippen molar-refractivity contribution in [2.45, 2.75) is 25.9 Å². The molecule has 1 aromatic rings. The third-order valence-electron chi connectivity index (χ3n) is 2.95. The van der Waals surface area contributed by atoms with E-state index < -0.39 is 0 Å². The maximum absolute atomic E-state index is 5.88. The van der Waals surface area contributed by atoms with Crippen molar-refractivity contribution in [1.29, 1.82) is 0 Å². The molecule has 1 unspecified atom stereocenters. The van der Waals surface area contributed by atoms with Crippen molar-refractivity contribution in [2.24, 2.45) is 0 Å². The highest BCUT2D eigenvalue weighted by atomic mass is 16.7. The number of rotatable bonds is 4. The third kappa shape index (κ3) is 3.80. The first-order valence-corrected chi connectivity index (χ1v) is 6.44. The fourth-order valence-corrected chi connectivity index (χ4v) is 2.03. The Bertz CT molecular complexity index is 315. The first-order valence-electron chi connectivity index (χ1n) is 6.44. The van der Waals surface area contributed by atoms with Gasteiger partial charge in [-0.2, -0.15) is 5.06 Å². The van der Waals surface area contributed by atoms with Gasteiger partial charge in [0.05, 0.1) is 19.3 Å². The van der Waals surface area contributed by atoms with Gasteiger partial charge in [0.2, 0.25) is 0 Å². The summed E-state index contributed by atoms with van der Waals surface area (Å²) in [5.41, 5.74) is 1.27. The van der Waals surface area contributed by atoms with Crippen LogP contribution in [0.15, 0.2) is 30.3 Å². The summed E-state index contributed by atoms with van der Waals surface area (Å²) in [7, 11) is 0. The minimum Gasteiger partial charge on any atom is -0.372 e. The van der Waals surface area contributed by atoms with Gasteiger partial charge in [-0.05, 0) is 18.4 Å². The number of hydroxylamine groups is 2. The molecule has 17 heavy (non-hydrogen) atoms. The summed E-state index contributed by atoms with van der Waals surface area (Å²) in [5.74, 6) is 0. The second kappa shape index (κ2) is 6.74. The van der Waals surface area contributed by atoms with E-state index in [2.05, 4.69) is 31.2 Å². The highest BCUT2D eigenvalue weighted by Gasteiger charge is 2.18. The molecule has 3 heteroatoms. The van der Waals surface area contributed by atoms with Crippen LogP contribution in [0.5, 0.6) is 0 Å². The van der Waals surface area contributed by atoms with E-state index in [1.54, 1.807) is 0 Å². The molecule has 0 N–H and O–H groups in total. The van der Waals surface area contributed by atoms with Gasteiger partial charge in [-0.15, -0.1) is 0 Å². The summed E-state index contributed by atoms with van der Waals surface area (Å²) >= 11 is 0. The molecule has 1 fully saturated rings. The zero-order valence-corrected chi connectivity index (χ0v) is 10.5. The number of hydrogen-bond donors (Lipinski definition) is 0. The molecule has 0 radical (unpaired) electrons. The van der Waals surface area contributed by atoms with Crippen LogP contribution in [0.2, 0.25) is 0 Å². The summed E-state index contributed by atoms with van der Waals surface area (Å²) in [4.78, 5) is 5.65. The highest BCUT2D eigenvalue weighted by molar-refractivity contribution is 5.17. The molecule has 1 heterocycles. The van der Waals surface area contributed by atoms with Crippen LogP contribution in [0.1, 0.15) is 31.4 Å². The molecular weight excluding hydrogens is 214 g/mol. The van der Waals surface area contributed by atoms with Crippen LogP contribution < -0.4 is 0 Å². The lowest BCUT2D eigenvalue weighted by atomic mass is 10.1. The maximum Gasteiger partial charge on any atom is 0.0838 e. The Morgan fingerprint density at radius 3 is 2.88 bits per heavy atom. The van der Waals surface area contributed by atoms with E-state index in [0.29, 0.717) is 0 Å². The van der Waals surface area contributed by atoms with E-state index in [0.717, 1.165) is 39.1 Å². The molecule has 0 aromatic heterocycles. The molecule has 2 rings (SSSR count). The molecule has 0 spiro atoms. The Labute approximate surface area is 103 Å². The average Bonchev–Trinajstić information content (AvgIpc) is 2.63. The van der Waals surface area contributed by atoms with Crippen molar-refractivity contribution in [3.05, 3.63) is 35.9 Å². The van der Waals surface area contributed by atoms with E-state index in [1.165, 1.54) is 5.56 Å². The Morgan fingerprint density at radius 2 is 2.12 bits per heavy atom. The monoisotopic (exact) mass is 235 g/mol. The lowest BCUT2D eigenvalue weighted by molar-refractivity contribution is -0.157. The van der Waals surface area contributed by atoms with E-state index in [4.69, 9.17) is 9.57 Å². The zero-order valence-electron chi connectivity index (χ0n) is 10.5. The Hall–Kier alpha value is -0.900. The molecule has 0 aliphatic carbocycles. The lowest BCUT2D eigenvalue weighted by Crippen LogP contribution is -2.27. The summed E-state index contributed by atoms with van der Waals surface area (Å²) in [6, 6.07) is 10.4. The lowest BCUT2D eigenvalue weighted by Gasteiger charge is -2.18. The standard InChI is InChI=1S/C14H21NO2/c1-2-11-17-15-9-8-14(16-12-10-15)13-6-4-3-5-7-13/h3-7,14H,2,8-12H2,1H3. The quantitative estimate of drug-likeness (QED) is 0.801. The molecule has 0 saturated carbocycles. The van der Waals surface area contributed by atoms with Gasteiger partial charge in [0.1, 0.15) is 0 Å². The van der Waals surface area contributed by atoms with Gasteiger partial charge < -0.3 is 4.74 Å². The smallest absolute Gasteiger partial charge is 0.0838 e. The van der Waals surface area contributed by atoms with Crippen molar-refractivity contribution in [1.82, 2.24) is 5.06 Å². The van der Waals surface area contributed by atoms with Gasteiger partial charge in [-0.3, -0.25) is 4.84 Å². The van der Waals surface area contributed by atoms with Crippen LogP contribution in [0, 0.1) is 0 Å². The van der Waals surface area contributed by atoms with Crippen molar-refractivity contribution in [2.75, 3.05) is 26.3 Å². The van der Waals surface area contributed by atoms with Crippen LogP contribution in [0.3, 0.4) is 0 Å². The minimum atomic E-state index is 0.214. The highest BCUT2D eigenvalue weighted by Crippen LogP contribution is 2.23. The number of benzene rings is 1. The molecule has 1 aliphatic rings. The van der Waals surface area contributed by atoms with Gasteiger partial charge in [-0.25, -0.2) is 0 Å². The van der Waals surface area contributed by atoms with E-state index in [1.807, 2.05) is 11.1 Å². The summed E-state index contributed by atoms with van der Waals surface area (Å²) in [5, 5.41) is 2.03. The summed E-state index contributed by atoms with van der Waals surface area (Å²) in [6.07, 6.45) is 2.26. The van der Waals surface area contributed by atoms with Crippen molar-refractivity contribution in [3.8, 4) is 0 Å². The van der Waals surface area contributed by atoms with Crippen LogP contribution >= 0.6 is 0 Å². The SMILES string of the molecule is CCCON1CCOC(c2ccccc2)CC1. The Morgan fingerprint density at radius 1 is 1.29 bits per heavy atom. The van der Waals surface area contributed by atoms with Crippen LogP contribution in [0.25, 0.3) is 0 Å². The molecular formula is C14H21NO2. The van der Waals surface area contributed by atoms with Crippen LogP contribution in [0.4, 0.5) is 0 Å². The van der Waals surface area contributed by atoms with Crippen molar-refractivity contribution >= 4 is 0 Å². The normalized spacial score (nSPS) is 22.3. The maximum atomic E-state index is 5.88. The average molecular weight is 235 g/mol. The molecule has 0 amide bonds. The second-order valence-electron chi connectivity index (χ2n) is 4.32. The zero-order chi connectivity index (χ0) is 11.9. The number of nitrogens with zero attached hydrogens (tertiary/aromatic N) is 1. The van der Waals surface area contributed by atoms with Gasteiger partial charge >= 0.3 is 0 Å². The van der Waals surface area contributed by atoms with Gasteiger partial charge in [0, 0.05) is 13.1 Å². The predicted molar refractivity (Wildman–Crippen MR) is 67.6 cm³/mol. The molecule has 1 aromatic carbocycles. The second-order valence-corrected chi connectivity index (χ2v) is 4.32. The topological polar surface area (TPSA) is 21.7 Å². The molecule has 94 valence electrons. The minimum absolute atomic E-state index is 0.214. The first-order chi connectivity index (χ1) is 8.40. The van der Waals surface area contributed by atoms with Crippen molar-refractivity contribution in [3.63, 3.8) is 0 Å². The summed E-state index contributed by atoms with van der Waals surface area (Å²) < 4.78 is 5.88. The Kier molecular flexibility index (Phi) is 4.98. The molecule has 1 saturated heterocycles. The molecule has 1 atom stereocenters. The third-order valence-corrected chi connectivity index (χ3v) is 2.95. The van der Waals surface area contributed by atoms with E-state index in [9.17, 15) is 0 Å². The van der Waals surface area contributed by atoms with Gasteiger partial charge in [0.25, 0.3) is 0 Å². The summed E-state index contributed by atoms with van der Waals surface area (Å²) in [6.45, 7) is 5.48. The fourth-order valence-electron chi connectivity index (χ4n) is 2.03. The van der Waals surface area contributed by atoms with Crippen LogP contribution in [-0.4, -0.2) is 31.4 Å². The molecule has 3 nitrogen and oxygen atoms in total.